The van der Waals surface area contributed by atoms with Gasteiger partial charge in [-0.2, -0.15) is 10.2 Å². The standard InChI is InChI=1S/C12H13ClN4O2S/c1-18-9-4-10-8(11(13)12(9)19-2)3-7(20-10)5-16-17-6-15-14/h3-6H,14H2,1-2H3,(H,15,17). The zero-order valence-electron chi connectivity index (χ0n) is 10.9. The maximum absolute atomic E-state index is 6.33. The molecule has 0 amide bonds. The third kappa shape index (κ3) is 2.78. The molecule has 0 saturated carbocycles. The molecule has 1 aromatic carbocycles. The van der Waals surface area contributed by atoms with Crippen LogP contribution in [0.2, 0.25) is 5.02 Å². The van der Waals surface area contributed by atoms with E-state index in [1.165, 1.54) is 17.7 Å². The van der Waals surface area contributed by atoms with Crippen LogP contribution in [0, 0.1) is 0 Å². The van der Waals surface area contributed by atoms with E-state index in [1.807, 2.05) is 12.1 Å². The quantitative estimate of drug-likeness (QED) is 0.384. The molecule has 0 bridgehead atoms. The molecule has 106 valence electrons. The minimum absolute atomic E-state index is 0.522. The van der Waals surface area contributed by atoms with Crippen LogP contribution in [-0.4, -0.2) is 26.8 Å². The normalized spacial score (nSPS) is 11.6. The monoisotopic (exact) mass is 312 g/mol. The summed E-state index contributed by atoms with van der Waals surface area (Å²) in [5.74, 6) is 6.07. The fraction of sp³-hybridized carbons (Fsp3) is 0.167. The number of halogens is 1. The Labute approximate surface area is 124 Å². The number of benzene rings is 1. The lowest BCUT2D eigenvalue weighted by atomic mass is 10.2. The summed E-state index contributed by atoms with van der Waals surface area (Å²) >= 11 is 7.86. The number of rotatable bonds is 5. The van der Waals surface area contributed by atoms with E-state index in [9.17, 15) is 0 Å². The average molecular weight is 313 g/mol. The number of nitrogens with zero attached hydrogens (tertiary/aromatic N) is 2. The Kier molecular flexibility index (Phi) is 4.65. The topological polar surface area (TPSA) is 81.2 Å². The summed E-state index contributed by atoms with van der Waals surface area (Å²) in [5.41, 5.74) is 2.56. The maximum atomic E-state index is 6.33. The van der Waals surface area contributed by atoms with E-state index >= 15 is 0 Å². The minimum Gasteiger partial charge on any atom is -0.493 e. The summed E-state index contributed by atoms with van der Waals surface area (Å²) in [6, 6.07) is 3.81. The molecule has 1 heterocycles. The Hall–Kier alpha value is -1.99. The highest BCUT2D eigenvalue weighted by molar-refractivity contribution is 7.20. The SMILES string of the molecule is COc1cc2sc(C=NNC=NN)cc2c(Cl)c1OC. The van der Waals surface area contributed by atoms with Crippen LogP contribution in [0.4, 0.5) is 0 Å². The fourth-order valence-electron chi connectivity index (χ4n) is 1.69. The van der Waals surface area contributed by atoms with Gasteiger partial charge in [-0.3, -0.25) is 5.43 Å². The van der Waals surface area contributed by atoms with Crippen LogP contribution in [0.25, 0.3) is 10.1 Å². The second-order valence-electron chi connectivity index (χ2n) is 3.65. The highest BCUT2D eigenvalue weighted by Crippen LogP contribution is 2.43. The highest BCUT2D eigenvalue weighted by Gasteiger charge is 2.15. The minimum atomic E-state index is 0.522. The molecule has 8 heteroatoms. The van der Waals surface area contributed by atoms with Crippen LogP contribution < -0.4 is 20.7 Å². The van der Waals surface area contributed by atoms with E-state index in [4.69, 9.17) is 26.9 Å². The Balaban J connectivity index is 2.43. The third-order valence-corrected chi connectivity index (χ3v) is 3.92. The molecular formula is C12H13ClN4O2S. The van der Waals surface area contributed by atoms with E-state index in [0.717, 1.165) is 15.0 Å². The molecule has 0 spiro atoms. The first-order chi connectivity index (χ1) is 9.71. The Morgan fingerprint density at radius 2 is 2.15 bits per heavy atom. The van der Waals surface area contributed by atoms with Crippen molar-refractivity contribution in [2.24, 2.45) is 16.0 Å². The summed E-state index contributed by atoms with van der Waals surface area (Å²) < 4.78 is 11.5. The first-order valence-corrected chi connectivity index (χ1v) is 6.75. The summed E-state index contributed by atoms with van der Waals surface area (Å²) in [5, 5.41) is 8.62. The molecule has 0 unspecified atom stereocenters. The third-order valence-electron chi connectivity index (χ3n) is 2.52. The van der Waals surface area contributed by atoms with Gasteiger partial charge in [0.15, 0.2) is 11.5 Å². The van der Waals surface area contributed by atoms with Gasteiger partial charge in [-0.15, -0.1) is 11.3 Å². The second kappa shape index (κ2) is 6.44. The lowest BCUT2D eigenvalue weighted by Crippen LogP contribution is -2.03. The van der Waals surface area contributed by atoms with Crippen molar-refractivity contribution in [3.63, 3.8) is 0 Å². The summed E-state index contributed by atoms with van der Waals surface area (Å²) in [6.07, 6.45) is 2.94. The number of ether oxygens (including phenoxy) is 2. The number of nitrogens with one attached hydrogen (secondary N) is 1. The number of nitrogens with two attached hydrogens (primary N) is 1. The molecule has 0 aliphatic heterocycles. The van der Waals surface area contributed by atoms with Crippen molar-refractivity contribution in [2.45, 2.75) is 0 Å². The lowest BCUT2D eigenvalue weighted by molar-refractivity contribution is 0.356. The molecule has 0 fully saturated rings. The molecule has 2 aromatic rings. The van der Waals surface area contributed by atoms with Gasteiger partial charge in [-0.25, -0.2) is 0 Å². The molecule has 0 radical (unpaired) electrons. The van der Waals surface area contributed by atoms with Gasteiger partial charge in [0.1, 0.15) is 6.34 Å². The Morgan fingerprint density at radius 1 is 1.35 bits per heavy atom. The summed E-state index contributed by atoms with van der Waals surface area (Å²) in [6.45, 7) is 0. The van der Waals surface area contributed by atoms with Crippen LogP contribution in [0.15, 0.2) is 22.3 Å². The van der Waals surface area contributed by atoms with Crippen molar-refractivity contribution in [3.8, 4) is 11.5 Å². The van der Waals surface area contributed by atoms with Crippen LogP contribution in [0.3, 0.4) is 0 Å². The first-order valence-electron chi connectivity index (χ1n) is 5.55. The Bertz CT molecular complexity index is 669. The Morgan fingerprint density at radius 3 is 2.80 bits per heavy atom. The van der Waals surface area contributed by atoms with Crippen molar-refractivity contribution in [3.05, 3.63) is 22.0 Å². The molecule has 20 heavy (non-hydrogen) atoms. The zero-order chi connectivity index (χ0) is 14.5. The van der Waals surface area contributed by atoms with Gasteiger partial charge in [0.25, 0.3) is 0 Å². The van der Waals surface area contributed by atoms with Gasteiger partial charge in [-0.05, 0) is 6.07 Å². The smallest absolute Gasteiger partial charge is 0.180 e. The molecule has 0 aliphatic rings. The van der Waals surface area contributed by atoms with E-state index < -0.39 is 0 Å². The number of hydrazone groups is 2. The van der Waals surface area contributed by atoms with Gasteiger partial charge >= 0.3 is 0 Å². The molecule has 0 saturated heterocycles. The van der Waals surface area contributed by atoms with Crippen molar-refractivity contribution in [1.29, 1.82) is 0 Å². The molecule has 2 rings (SSSR count). The molecule has 0 aliphatic carbocycles. The van der Waals surface area contributed by atoms with Crippen LogP contribution in [0.1, 0.15) is 4.88 Å². The predicted molar refractivity (Wildman–Crippen MR) is 83.3 cm³/mol. The van der Waals surface area contributed by atoms with Crippen molar-refractivity contribution in [2.75, 3.05) is 14.2 Å². The second-order valence-corrected chi connectivity index (χ2v) is 5.15. The number of hydrogen-bond acceptors (Lipinski definition) is 6. The molecule has 1 aromatic heterocycles. The number of methoxy groups -OCH3 is 2. The van der Waals surface area contributed by atoms with Crippen molar-refractivity contribution in [1.82, 2.24) is 5.43 Å². The van der Waals surface area contributed by atoms with Gasteiger partial charge in [0.05, 0.1) is 25.5 Å². The maximum Gasteiger partial charge on any atom is 0.180 e. The van der Waals surface area contributed by atoms with Gasteiger partial charge in [0, 0.05) is 21.0 Å². The molecule has 0 atom stereocenters. The largest absolute Gasteiger partial charge is 0.493 e. The number of thiophene rings is 1. The summed E-state index contributed by atoms with van der Waals surface area (Å²) in [4.78, 5) is 0.926. The average Bonchev–Trinajstić information content (AvgIpc) is 2.86. The van der Waals surface area contributed by atoms with Crippen LogP contribution in [-0.2, 0) is 0 Å². The summed E-state index contributed by atoms with van der Waals surface area (Å²) in [7, 11) is 3.13. The van der Waals surface area contributed by atoms with E-state index in [2.05, 4.69) is 15.6 Å². The van der Waals surface area contributed by atoms with E-state index in [-0.39, 0.29) is 0 Å². The zero-order valence-corrected chi connectivity index (χ0v) is 12.5. The molecule has 6 nitrogen and oxygen atoms in total. The van der Waals surface area contributed by atoms with Gasteiger partial charge < -0.3 is 15.3 Å². The van der Waals surface area contributed by atoms with Crippen LogP contribution >= 0.6 is 22.9 Å². The molecular weight excluding hydrogens is 300 g/mol. The predicted octanol–water partition coefficient (Wildman–Crippen LogP) is 2.40. The number of hydrogen-bond donors (Lipinski definition) is 2. The van der Waals surface area contributed by atoms with Crippen LogP contribution in [0.5, 0.6) is 11.5 Å². The van der Waals surface area contributed by atoms with Crippen molar-refractivity contribution >= 4 is 45.6 Å². The lowest BCUT2D eigenvalue weighted by Gasteiger charge is -2.09. The first kappa shape index (κ1) is 14.4. The number of fused-ring (bicyclic) bond motifs is 1. The fourth-order valence-corrected chi connectivity index (χ4v) is 3.05. The molecule has 3 N–H and O–H groups in total. The highest BCUT2D eigenvalue weighted by atomic mass is 35.5. The van der Waals surface area contributed by atoms with Gasteiger partial charge in [0.2, 0.25) is 0 Å². The van der Waals surface area contributed by atoms with E-state index in [1.54, 1.807) is 20.4 Å². The van der Waals surface area contributed by atoms with Gasteiger partial charge in [-0.1, -0.05) is 11.6 Å². The van der Waals surface area contributed by atoms with E-state index in [0.29, 0.717) is 16.5 Å². The van der Waals surface area contributed by atoms with Crippen molar-refractivity contribution < 1.29 is 9.47 Å².